The van der Waals surface area contributed by atoms with Crippen molar-refractivity contribution < 1.29 is 9.21 Å². The Morgan fingerprint density at radius 2 is 2.15 bits per heavy atom. The van der Waals surface area contributed by atoms with Crippen molar-refractivity contribution in [2.24, 2.45) is 5.10 Å². The predicted molar refractivity (Wildman–Crippen MR) is 76.8 cm³/mol. The Hall–Kier alpha value is -2.82. The van der Waals surface area contributed by atoms with Crippen molar-refractivity contribution in [1.82, 2.24) is 10.4 Å². The summed E-state index contributed by atoms with van der Waals surface area (Å²) in [7, 11) is 0. The Labute approximate surface area is 115 Å². The highest BCUT2D eigenvalue weighted by Crippen LogP contribution is 2.20. The second-order valence-electron chi connectivity index (χ2n) is 4.39. The summed E-state index contributed by atoms with van der Waals surface area (Å²) < 4.78 is 5.08. The highest BCUT2D eigenvalue weighted by atomic mass is 16.3. The smallest absolute Gasteiger partial charge is 0.288 e. The van der Waals surface area contributed by atoms with Gasteiger partial charge in [-0.1, -0.05) is 18.2 Å². The molecule has 0 saturated carbocycles. The topological polar surface area (TPSA) is 70.4 Å². The van der Waals surface area contributed by atoms with Gasteiger partial charge in [0.15, 0.2) is 0 Å². The van der Waals surface area contributed by atoms with Crippen LogP contribution in [0.25, 0.3) is 10.9 Å². The fourth-order valence-electron chi connectivity index (χ4n) is 2.08. The second kappa shape index (κ2) is 5.05. The van der Waals surface area contributed by atoms with Crippen molar-refractivity contribution in [3.8, 4) is 0 Å². The molecule has 20 heavy (non-hydrogen) atoms. The molecule has 0 bridgehead atoms. The summed E-state index contributed by atoms with van der Waals surface area (Å²) in [6.45, 7) is 1.91. The van der Waals surface area contributed by atoms with E-state index in [1.165, 1.54) is 6.21 Å². The van der Waals surface area contributed by atoms with Crippen LogP contribution in [0.3, 0.4) is 0 Å². The summed E-state index contributed by atoms with van der Waals surface area (Å²) in [6.07, 6.45) is 3.00. The van der Waals surface area contributed by atoms with Crippen molar-refractivity contribution in [3.63, 3.8) is 0 Å². The second-order valence-corrected chi connectivity index (χ2v) is 4.39. The van der Waals surface area contributed by atoms with E-state index >= 15 is 0 Å². The van der Waals surface area contributed by atoms with Crippen LogP contribution in [-0.2, 0) is 0 Å². The molecular weight excluding hydrogens is 254 g/mol. The van der Waals surface area contributed by atoms with E-state index < -0.39 is 0 Å². The van der Waals surface area contributed by atoms with Crippen LogP contribution in [0.15, 0.2) is 52.2 Å². The Morgan fingerprint density at radius 3 is 2.90 bits per heavy atom. The number of carbonyl (C=O) groups excluding carboxylic acids is 1. The predicted octanol–water partition coefficient (Wildman–Crippen LogP) is 2.83. The zero-order chi connectivity index (χ0) is 13.9. The Balaban J connectivity index is 1.80. The van der Waals surface area contributed by atoms with Crippen molar-refractivity contribution >= 4 is 23.0 Å². The first-order valence-electron chi connectivity index (χ1n) is 6.20. The molecule has 2 aromatic heterocycles. The maximum absolute atomic E-state index is 12.1. The molecule has 0 spiro atoms. The molecule has 0 fully saturated rings. The molecule has 5 nitrogen and oxygen atoms in total. The highest BCUT2D eigenvalue weighted by Gasteiger charge is 2.13. The maximum atomic E-state index is 12.1. The van der Waals surface area contributed by atoms with Gasteiger partial charge in [0.2, 0.25) is 0 Å². The summed E-state index contributed by atoms with van der Waals surface area (Å²) >= 11 is 0. The van der Waals surface area contributed by atoms with E-state index in [9.17, 15) is 4.79 Å². The number of fused-ring (bicyclic) bond motifs is 1. The van der Waals surface area contributed by atoms with Crippen LogP contribution in [-0.4, -0.2) is 17.1 Å². The minimum atomic E-state index is -0.276. The highest BCUT2D eigenvalue weighted by molar-refractivity contribution is 6.01. The number of aromatic nitrogens is 1. The number of H-pyrrole nitrogens is 1. The Kier molecular flexibility index (Phi) is 3.09. The lowest BCUT2D eigenvalue weighted by Gasteiger charge is -1.97. The van der Waals surface area contributed by atoms with Crippen LogP contribution in [0.4, 0.5) is 0 Å². The van der Waals surface area contributed by atoms with E-state index in [4.69, 9.17) is 4.42 Å². The van der Waals surface area contributed by atoms with Crippen LogP contribution >= 0.6 is 0 Å². The van der Waals surface area contributed by atoms with Crippen LogP contribution in [0.5, 0.6) is 0 Å². The molecule has 3 rings (SSSR count). The zero-order valence-corrected chi connectivity index (χ0v) is 10.9. The number of nitrogens with one attached hydrogen (secondary N) is 2. The zero-order valence-electron chi connectivity index (χ0n) is 10.9. The van der Waals surface area contributed by atoms with Gasteiger partial charge < -0.3 is 9.40 Å². The van der Waals surface area contributed by atoms with Gasteiger partial charge in [-0.2, -0.15) is 5.10 Å². The molecule has 0 unspecified atom stereocenters. The number of hydrogen-bond acceptors (Lipinski definition) is 3. The van der Waals surface area contributed by atoms with Crippen LogP contribution < -0.4 is 5.43 Å². The average molecular weight is 267 g/mol. The first kappa shape index (κ1) is 12.2. The van der Waals surface area contributed by atoms with Gasteiger partial charge in [-0.05, 0) is 30.7 Å². The number of hydrazone groups is 1. The van der Waals surface area contributed by atoms with Gasteiger partial charge in [-0.3, -0.25) is 4.79 Å². The third-order valence-corrected chi connectivity index (χ3v) is 3.09. The molecule has 100 valence electrons. The maximum Gasteiger partial charge on any atom is 0.288 e. The number of aromatic amines is 1. The number of nitrogens with zero attached hydrogens (tertiary/aromatic N) is 1. The third-order valence-electron chi connectivity index (χ3n) is 3.09. The van der Waals surface area contributed by atoms with Crippen LogP contribution in [0.2, 0.25) is 0 Å². The number of hydrogen-bond donors (Lipinski definition) is 2. The van der Waals surface area contributed by atoms with Crippen LogP contribution in [0.1, 0.15) is 21.8 Å². The van der Waals surface area contributed by atoms with E-state index in [1.54, 1.807) is 18.4 Å². The van der Waals surface area contributed by atoms with E-state index in [-0.39, 0.29) is 5.91 Å². The molecule has 5 heteroatoms. The van der Waals surface area contributed by atoms with Crippen molar-refractivity contribution in [2.45, 2.75) is 6.92 Å². The summed E-state index contributed by atoms with van der Waals surface area (Å²) in [4.78, 5) is 15.2. The van der Waals surface area contributed by atoms with Crippen LogP contribution in [0, 0.1) is 6.92 Å². The number of aryl methyl sites for hydroxylation is 1. The molecule has 0 saturated heterocycles. The van der Waals surface area contributed by atoms with Gasteiger partial charge in [-0.25, -0.2) is 5.43 Å². The van der Waals surface area contributed by atoms with Gasteiger partial charge >= 0.3 is 0 Å². The number of carbonyl (C=O) groups is 1. The number of amides is 1. The normalized spacial score (nSPS) is 11.2. The molecule has 0 radical (unpaired) electrons. The monoisotopic (exact) mass is 267 g/mol. The fourth-order valence-corrected chi connectivity index (χ4v) is 2.08. The van der Waals surface area contributed by atoms with E-state index in [2.05, 4.69) is 15.5 Å². The van der Waals surface area contributed by atoms with Gasteiger partial charge in [0.25, 0.3) is 5.91 Å². The summed E-state index contributed by atoms with van der Waals surface area (Å²) in [6, 6.07) is 11.3. The van der Waals surface area contributed by atoms with E-state index in [0.717, 1.165) is 16.5 Å². The minimum Gasteiger partial charge on any atom is -0.463 e. The Bertz CT molecular complexity index is 770. The molecule has 1 aromatic carbocycles. The van der Waals surface area contributed by atoms with Gasteiger partial charge in [0.05, 0.1) is 12.5 Å². The molecule has 0 atom stereocenters. The number of rotatable bonds is 3. The summed E-state index contributed by atoms with van der Waals surface area (Å²) in [5.74, 6) is 0.306. The van der Waals surface area contributed by atoms with Gasteiger partial charge in [0.1, 0.15) is 11.5 Å². The molecule has 1 amide bonds. The molecule has 2 heterocycles. The number of benzene rings is 1. The quantitative estimate of drug-likeness (QED) is 0.566. The fraction of sp³-hybridized carbons (Fsp3) is 0.0667. The SMILES string of the molecule is Cc1c(C(=O)N/N=C\c2ccco2)[nH]c2ccccc12. The molecule has 2 N–H and O–H groups in total. The van der Waals surface area contributed by atoms with Crippen molar-refractivity contribution in [3.05, 3.63) is 59.7 Å². The molecule has 3 aromatic rings. The molecule has 0 aliphatic carbocycles. The number of furan rings is 1. The third kappa shape index (κ3) is 2.21. The molecular formula is C15H13N3O2. The molecule has 0 aliphatic rings. The van der Waals surface area contributed by atoms with E-state index in [0.29, 0.717) is 11.5 Å². The summed E-state index contributed by atoms with van der Waals surface area (Å²) in [5, 5.41) is 4.90. The average Bonchev–Trinajstić information content (AvgIpc) is 3.08. The Morgan fingerprint density at radius 1 is 1.30 bits per heavy atom. The minimum absolute atomic E-state index is 0.276. The van der Waals surface area contributed by atoms with Crippen molar-refractivity contribution in [2.75, 3.05) is 0 Å². The summed E-state index contributed by atoms with van der Waals surface area (Å²) in [5.41, 5.74) is 4.84. The first-order chi connectivity index (χ1) is 9.75. The van der Waals surface area contributed by atoms with Crippen molar-refractivity contribution in [1.29, 1.82) is 0 Å². The van der Waals surface area contributed by atoms with Gasteiger partial charge in [-0.15, -0.1) is 0 Å². The van der Waals surface area contributed by atoms with Gasteiger partial charge in [0, 0.05) is 10.9 Å². The first-order valence-corrected chi connectivity index (χ1v) is 6.20. The van der Waals surface area contributed by atoms with E-state index in [1.807, 2.05) is 31.2 Å². The standard InChI is InChI=1S/C15H13N3O2/c1-10-12-6-2-3-7-13(12)17-14(10)15(19)18-16-9-11-5-4-8-20-11/h2-9,17H,1H3,(H,18,19)/b16-9-. The number of para-hydroxylation sites is 1. The lowest BCUT2D eigenvalue weighted by molar-refractivity contribution is 0.0950. The molecule has 0 aliphatic heterocycles. The lowest BCUT2D eigenvalue weighted by atomic mass is 10.1. The lowest BCUT2D eigenvalue weighted by Crippen LogP contribution is -2.18. The largest absolute Gasteiger partial charge is 0.463 e.